The maximum atomic E-state index is 3.84. The molecule has 18 heavy (non-hydrogen) atoms. The Kier molecular flexibility index (Phi) is 4.21. The third-order valence-corrected chi connectivity index (χ3v) is 4.12. The number of allylic oxidation sites excluding steroid dienone is 1. The lowest BCUT2D eigenvalue weighted by Gasteiger charge is -2.06. The Morgan fingerprint density at radius 3 is 2.44 bits per heavy atom. The molecule has 2 heteroatoms. The number of nitrogens with one attached hydrogen (secondary N) is 1. The Hall–Kier alpha value is -1.54. The quantitative estimate of drug-likeness (QED) is 0.825. The van der Waals surface area contributed by atoms with Crippen LogP contribution in [0.1, 0.15) is 24.3 Å². The molecule has 0 spiro atoms. The van der Waals surface area contributed by atoms with E-state index in [9.17, 15) is 0 Å². The SMILES string of the molecule is C=C(C)NCc1ccc(-c2ccc(CC)s2)cc1. The molecule has 2 aromatic rings. The summed E-state index contributed by atoms with van der Waals surface area (Å²) < 4.78 is 0. The molecule has 0 fully saturated rings. The van der Waals surface area contributed by atoms with Crippen LogP contribution >= 0.6 is 11.3 Å². The van der Waals surface area contributed by atoms with Crippen molar-refractivity contribution in [1.29, 1.82) is 0 Å². The Labute approximate surface area is 113 Å². The number of benzene rings is 1. The van der Waals surface area contributed by atoms with E-state index in [1.807, 2.05) is 18.3 Å². The van der Waals surface area contributed by atoms with Gasteiger partial charge in [0, 0.05) is 22.0 Å². The summed E-state index contributed by atoms with van der Waals surface area (Å²) in [5, 5.41) is 3.24. The normalized spacial score (nSPS) is 10.3. The van der Waals surface area contributed by atoms with Crippen molar-refractivity contribution in [3.8, 4) is 10.4 Å². The van der Waals surface area contributed by atoms with Gasteiger partial charge in [-0.05, 0) is 36.6 Å². The van der Waals surface area contributed by atoms with Gasteiger partial charge in [0.05, 0.1) is 0 Å². The first kappa shape index (κ1) is 12.9. The van der Waals surface area contributed by atoms with Crippen molar-refractivity contribution in [1.82, 2.24) is 5.32 Å². The third-order valence-electron chi connectivity index (χ3n) is 2.84. The molecule has 1 nitrogen and oxygen atoms in total. The lowest BCUT2D eigenvalue weighted by molar-refractivity contribution is 0.816. The van der Waals surface area contributed by atoms with E-state index in [-0.39, 0.29) is 0 Å². The Morgan fingerprint density at radius 1 is 1.17 bits per heavy atom. The fourth-order valence-electron chi connectivity index (χ4n) is 1.76. The summed E-state index contributed by atoms with van der Waals surface area (Å²) >= 11 is 1.88. The van der Waals surface area contributed by atoms with Crippen molar-refractivity contribution in [2.24, 2.45) is 0 Å². The van der Waals surface area contributed by atoms with Gasteiger partial charge in [-0.1, -0.05) is 37.8 Å². The smallest absolute Gasteiger partial charge is 0.0397 e. The van der Waals surface area contributed by atoms with Crippen molar-refractivity contribution in [2.45, 2.75) is 26.8 Å². The van der Waals surface area contributed by atoms with E-state index in [4.69, 9.17) is 0 Å². The molecule has 0 aliphatic heterocycles. The fourth-order valence-corrected chi connectivity index (χ4v) is 2.72. The summed E-state index contributed by atoms with van der Waals surface area (Å²) in [6.07, 6.45) is 1.12. The zero-order valence-electron chi connectivity index (χ0n) is 11.0. The molecule has 1 aromatic heterocycles. The van der Waals surface area contributed by atoms with E-state index in [1.54, 1.807) is 0 Å². The van der Waals surface area contributed by atoms with E-state index in [1.165, 1.54) is 20.9 Å². The second-order valence-corrected chi connectivity index (χ2v) is 5.62. The molecular weight excluding hydrogens is 238 g/mol. The van der Waals surface area contributed by atoms with Crippen LogP contribution in [0.3, 0.4) is 0 Å². The van der Waals surface area contributed by atoms with E-state index < -0.39 is 0 Å². The molecule has 0 atom stereocenters. The number of thiophene rings is 1. The van der Waals surface area contributed by atoms with E-state index in [0.29, 0.717) is 0 Å². The molecule has 0 amide bonds. The van der Waals surface area contributed by atoms with Crippen LogP contribution in [0.25, 0.3) is 10.4 Å². The van der Waals surface area contributed by atoms with Crippen molar-refractivity contribution in [3.63, 3.8) is 0 Å². The average molecular weight is 257 g/mol. The topological polar surface area (TPSA) is 12.0 Å². The first-order chi connectivity index (χ1) is 8.69. The van der Waals surface area contributed by atoms with Gasteiger partial charge in [-0.25, -0.2) is 0 Å². The Bertz CT molecular complexity index is 522. The molecule has 0 aliphatic carbocycles. The molecule has 0 radical (unpaired) electrons. The van der Waals surface area contributed by atoms with Crippen LogP contribution in [0.15, 0.2) is 48.7 Å². The zero-order chi connectivity index (χ0) is 13.0. The number of aryl methyl sites for hydroxylation is 1. The third kappa shape index (κ3) is 3.23. The highest BCUT2D eigenvalue weighted by molar-refractivity contribution is 7.15. The standard InChI is InChI=1S/C16H19NS/c1-4-15-9-10-16(18-15)14-7-5-13(6-8-14)11-17-12(2)3/h5-10,17H,2,4,11H2,1,3H3. The zero-order valence-corrected chi connectivity index (χ0v) is 11.8. The van der Waals surface area contributed by atoms with Crippen molar-refractivity contribution in [3.05, 3.63) is 59.1 Å². The summed E-state index contributed by atoms with van der Waals surface area (Å²) in [6.45, 7) is 8.86. The van der Waals surface area contributed by atoms with E-state index >= 15 is 0 Å². The number of hydrogen-bond acceptors (Lipinski definition) is 2. The maximum Gasteiger partial charge on any atom is 0.0397 e. The lowest BCUT2D eigenvalue weighted by atomic mass is 10.1. The van der Waals surface area contributed by atoms with Crippen LogP contribution in [-0.2, 0) is 13.0 Å². The molecular formula is C16H19NS. The predicted molar refractivity (Wildman–Crippen MR) is 80.8 cm³/mol. The molecule has 0 unspecified atom stereocenters. The van der Waals surface area contributed by atoms with Gasteiger partial charge in [-0.2, -0.15) is 0 Å². The number of rotatable bonds is 5. The molecule has 1 N–H and O–H groups in total. The fraction of sp³-hybridized carbons (Fsp3) is 0.250. The van der Waals surface area contributed by atoms with Crippen LogP contribution in [0, 0.1) is 0 Å². The van der Waals surface area contributed by atoms with Gasteiger partial charge < -0.3 is 5.32 Å². The monoisotopic (exact) mass is 257 g/mol. The second kappa shape index (κ2) is 5.87. The highest BCUT2D eigenvalue weighted by Gasteiger charge is 2.01. The maximum absolute atomic E-state index is 3.84. The Morgan fingerprint density at radius 2 is 1.89 bits per heavy atom. The van der Waals surface area contributed by atoms with Gasteiger partial charge in [0.25, 0.3) is 0 Å². The first-order valence-electron chi connectivity index (χ1n) is 6.26. The van der Waals surface area contributed by atoms with Gasteiger partial charge >= 0.3 is 0 Å². The molecule has 0 saturated heterocycles. The largest absolute Gasteiger partial charge is 0.385 e. The summed E-state index contributed by atoms with van der Waals surface area (Å²) in [5.41, 5.74) is 3.60. The summed E-state index contributed by atoms with van der Waals surface area (Å²) in [4.78, 5) is 2.80. The molecule has 1 aromatic carbocycles. The minimum Gasteiger partial charge on any atom is -0.385 e. The van der Waals surface area contributed by atoms with E-state index in [2.05, 4.69) is 55.2 Å². The van der Waals surface area contributed by atoms with Gasteiger partial charge in [0.1, 0.15) is 0 Å². The summed E-state index contributed by atoms with van der Waals surface area (Å²) in [7, 11) is 0. The van der Waals surface area contributed by atoms with Gasteiger partial charge in [-0.3, -0.25) is 0 Å². The predicted octanol–water partition coefficient (Wildman–Crippen LogP) is 4.60. The lowest BCUT2D eigenvalue weighted by Crippen LogP contribution is -2.08. The highest BCUT2D eigenvalue weighted by atomic mass is 32.1. The minimum absolute atomic E-state index is 0.847. The Balaban J connectivity index is 2.09. The van der Waals surface area contributed by atoms with Crippen LogP contribution in [0.2, 0.25) is 0 Å². The van der Waals surface area contributed by atoms with Crippen molar-refractivity contribution < 1.29 is 0 Å². The molecule has 94 valence electrons. The second-order valence-electron chi connectivity index (χ2n) is 4.45. The minimum atomic E-state index is 0.847. The molecule has 0 saturated carbocycles. The van der Waals surface area contributed by atoms with Crippen LogP contribution in [0.5, 0.6) is 0 Å². The molecule has 1 heterocycles. The van der Waals surface area contributed by atoms with Crippen molar-refractivity contribution in [2.75, 3.05) is 0 Å². The van der Waals surface area contributed by atoms with Crippen LogP contribution in [0.4, 0.5) is 0 Å². The van der Waals surface area contributed by atoms with Gasteiger partial charge in [0.2, 0.25) is 0 Å². The highest BCUT2D eigenvalue weighted by Crippen LogP contribution is 2.28. The van der Waals surface area contributed by atoms with Crippen molar-refractivity contribution >= 4 is 11.3 Å². The summed E-state index contributed by atoms with van der Waals surface area (Å²) in [5.74, 6) is 0. The molecule has 0 aliphatic rings. The number of hydrogen-bond donors (Lipinski definition) is 1. The van der Waals surface area contributed by atoms with Crippen LogP contribution in [-0.4, -0.2) is 0 Å². The van der Waals surface area contributed by atoms with E-state index in [0.717, 1.165) is 18.7 Å². The molecule has 0 bridgehead atoms. The summed E-state index contributed by atoms with van der Waals surface area (Å²) in [6, 6.07) is 13.2. The van der Waals surface area contributed by atoms with Crippen LogP contribution < -0.4 is 5.32 Å². The first-order valence-corrected chi connectivity index (χ1v) is 7.08. The van der Waals surface area contributed by atoms with Gasteiger partial charge in [-0.15, -0.1) is 11.3 Å². The van der Waals surface area contributed by atoms with Gasteiger partial charge in [0.15, 0.2) is 0 Å². The average Bonchev–Trinajstić information content (AvgIpc) is 2.85. The molecule has 2 rings (SSSR count).